The van der Waals surface area contributed by atoms with Crippen molar-refractivity contribution < 1.29 is 54.5 Å². The molecule has 2 aromatic carbocycles. The zero-order valence-corrected chi connectivity index (χ0v) is 23.0. The summed E-state index contributed by atoms with van der Waals surface area (Å²) in [5, 5.41) is 0. The molecule has 0 spiro atoms. The number of hydrogen-bond acceptors (Lipinski definition) is 8. The van der Waals surface area contributed by atoms with Crippen molar-refractivity contribution in [1.29, 1.82) is 0 Å². The van der Waals surface area contributed by atoms with Crippen molar-refractivity contribution in [2.45, 2.75) is 62.8 Å². The van der Waals surface area contributed by atoms with E-state index in [0.717, 1.165) is 22.5 Å². The molecular formula is C26H29F4NO8S. The molecule has 2 aromatic rings. The summed E-state index contributed by atoms with van der Waals surface area (Å²) in [6.45, 7) is 2.99. The number of halogens is 4. The van der Waals surface area contributed by atoms with Crippen LogP contribution < -0.4 is 13.8 Å². The molecule has 0 unspecified atom stereocenters. The third-order valence-corrected chi connectivity index (χ3v) is 7.82. The summed E-state index contributed by atoms with van der Waals surface area (Å²) in [6, 6.07) is 7.04. The summed E-state index contributed by atoms with van der Waals surface area (Å²) >= 11 is 0. The molecule has 0 aromatic heterocycles. The van der Waals surface area contributed by atoms with Crippen LogP contribution in [0.3, 0.4) is 0 Å². The molecule has 0 N–H and O–H groups in total. The molecule has 220 valence electrons. The van der Waals surface area contributed by atoms with Gasteiger partial charge in [-0.2, -0.15) is 13.2 Å². The molecule has 0 bridgehead atoms. The Morgan fingerprint density at radius 2 is 1.80 bits per heavy atom. The summed E-state index contributed by atoms with van der Waals surface area (Å²) in [6.07, 6.45) is -6.11. The minimum absolute atomic E-state index is 0.00365. The standard InChI is InChI=1S/C26H29F4NO8S/c1-5-37-23(32)11-7-17-15-31(40(34,35)18-8-9-19(27)22(14-18)36-4)20-12-16(6-10-21(20)38-17)13-24(33)39-25(2,3)26(28,29)30/h6,8-10,12,14,17H,5,7,11,13,15H2,1-4H3/t17-/m0/s1. The Hall–Kier alpha value is -3.55. The lowest BCUT2D eigenvalue weighted by Gasteiger charge is -2.36. The first kappa shape index (κ1) is 31.0. The van der Waals surface area contributed by atoms with Gasteiger partial charge in [-0.1, -0.05) is 6.07 Å². The van der Waals surface area contributed by atoms with Gasteiger partial charge in [0.05, 0.1) is 37.3 Å². The number of alkyl halides is 3. The molecule has 1 aliphatic rings. The van der Waals surface area contributed by atoms with E-state index >= 15 is 0 Å². The van der Waals surface area contributed by atoms with E-state index in [1.807, 2.05) is 0 Å². The Bertz CT molecular complexity index is 1360. The zero-order valence-electron chi connectivity index (χ0n) is 22.2. The van der Waals surface area contributed by atoms with Crippen LogP contribution in [0.5, 0.6) is 11.5 Å². The van der Waals surface area contributed by atoms with E-state index in [1.165, 1.54) is 25.3 Å². The lowest BCUT2D eigenvalue weighted by atomic mass is 10.1. The summed E-state index contributed by atoms with van der Waals surface area (Å²) in [4.78, 5) is 23.9. The molecule has 0 saturated carbocycles. The fourth-order valence-corrected chi connectivity index (χ4v) is 5.35. The van der Waals surface area contributed by atoms with Crippen LogP contribution in [0.4, 0.5) is 23.2 Å². The van der Waals surface area contributed by atoms with E-state index in [2.05, 4.69) is 4.74 Å². The molecule has 0 aliphatic carbocycles. The second kappa shape index (κ2) is 11.9. The van der Waals surface area contributed by atoms with Gasteiger partial charge in [0.15, 0.2) is 11.6 Å². The maximum atomic E-state index is 14.0. The number of anilines is 1. The van der Waals surface area contributed by atoms with Crippen molar-refractivity contribution in [3.05, 3.63) is 47.8 Å². The SMILES string of the molecule is CCOC(=O)CC[C@H]1CN(S(=O)(=O)c2ccc(F)c(OC)c2)c2cc(CC(=O)OC(C)(C)C(F)(F)F)ccc2O1. The number of carbonyl (C=O) groups excluding carboxylic acids is 2. The molecule has 0 amide bonds. The van der Waals surface area contributed by atoms with Gasteiger partial charge >= 0.3 is 18.1 Å². The predicted octanol–water partition coefficient (Wildman–Crippen LogP) is 4.56. The van der Waals surface area contributed by atoms with Crippen LogP contribution in [0.1, 0.15) is 39.2 Å². The Morgan fingerprint density at radius 1 is 1.10 bits per heavy atom. The molecule has 1 aliphatic heterocycles. The summed E-state index contributed by atoms with van der Waals surface area (Å²) < 4.78 is 102. The van der Waals surface area contributed by atoms with Gasteiger partial charge in [0.1, 0.15) is 11.9 Å². The van der Waals surface area contributed by atoms with Gasteiger partial charge in [-0.25, -0.2) is 12.8 Å². The number of esters is 2. The highest BCUT2D eigenvalue weighted by atomic mass is 32.2. The molecule has 0 radical (unpaired) electrons. The lowest BCUT2D eigenvalue weighted by Crippen LogP contribution is -2.44. The summed E-state index contributed by atoms with van der Waals surface area (Å²) in [5.74, 6) is -2.67. The van der Waals surface area contributed by atoms with E-state index in [9.17, 15) is 35.6 Å². The molecule has 3 rings (SSSR count). The lowest BCUT2D eigenvalue weighted by molar-refractivity contribution is -0.257. The zero-order chi connectivity index (χ0) is 29.9. The monoisotopic (exact) mass is 591 g/mol. The highest BCUT2D eigenvalue weighted by molar-refractivity contribution is 7.92. The van der Waals surface area contributed by atoms with Crippen LogP contribution in [0, 0.1) is 5.82 Å². The Kier molecular flexibility index (Phi) is 9.22. The van der Waals surface area contributed by atoms with E-state index in [0.29, 0.717) is 13.8 Å². The van der Waals surface area contributed by atoms with Crippen molar-refractivity contribution in [2.24, 2.45) is 0 Å². The molecule has 0 saturated heterocycles. The van der Waals surface area contributed by atoms with Crippen molar-refractivity contribution in [1.82, 2.24) is 0 Å². The Morgan fingerprint density at radius 3 is 2.42 bits per heavy atom. The van der Waals surface area contributed by atoms with E-state index in [-0.39, 0.29) is 53.6 Å². The fourth-order valence-electron chi connectivity index (χ4n) is 3.83. The number of benzene rings is 2. The smallest absolute Gasteiger partial charge is 0.427 e. The summed E-state index contributed by atoms with van der Waals surface area (Å²) in [5.41, 5.74) is -2.58. The molecule has 0 fully saturated rings. The number of nitrogens with zero attached hydrogens (tertiary/aromatic N) is 1. The Balaban J connectivity index is 1.97. The largest absolute Gasteiger partial charge is 0.494 e. The van der Waals surface area contributed by atoms with Gasteiger partial charge in [0.2, 0.25) is 5.60 Å². The number of rotatable bonds is 10. The summed E-state index contributed by atoms with van der Waals surface area (Å²) in [7, 11) is -3.20. The first-order chi connectivity index (χ1) is 18.6. The topological polar surface area (TPSA) is 108 Å². The van der Waals surface area contributed by atoms with Gasteiger partial charge in [0.25, 0.3) is 10.0 Å². The minimum Gasteiger partial charge on any atom is -0.494 e. The third-order valence-electron chi connectivity index (χ3n) is 6.04. The van der Waals surface area contributed by atoms with Gasteiger partial charge in [0, 0.05) is 12.5 Å². The van der Waals surface area contributed by atoms with E-state index < -0.39 is 52.1 Å². The maximum absolute atomic E-state index is 14.0. The number of carbonyl (C=O) groups is 2. The van der Waals surface area contributed by atoms with Gasteiger partial charge < -0.3 is 18.9 Å². The average molecular weight is 592 g/mol. The van der Waals surface area contributed by atoms with E-state index in [1.54, 1.807) is 6.92 Å². The predicted molar refractivity (Wildman–Crippen MR) is 134 cm³/mol. The van der Waals surface area contributed by atoms with Crippen LogP contribution in [0.15, 0.2) is 41.3 Å². The van der Waals surface area contributed by atoms with Crippen molar-refractivity contribution >= 4 is 27.6 Å². The van der Waals surface area contributed by atoms with E-state index in [4.69, 9.17) is 14.2 Å². The molecule has 1 atom stereocenters. The molecule has 1 heterocycles. The number of sulfonamides is 1. The number of methoxy groups -OCH3 is 1. The number of hydrogen-bond donors (Lipinski definition) is 0. The first-order valence-electron chi connectivity index (χ1n) is 12.2. The Labute approximate surface area is 229 Å². The van der Waals surface area contributed by atoms with Crippen LogP contribution >= 0.6 is 0 Å². The number of fused-ring (bicyclic) bond motifs is 1. The molecule has 40 heavy (non-hydrogen) atoms. The second-order valence-electron chi connectivity index (χ2n) is 9.38. The van der Waals surface area contributed by atoms with Crippen LogP contribution in [0.2, 0.25) is 0 Å². The second-order valence-corrected chi connectivity index (χ2v) is 11.2. The van der Waals surface area contributed by atoms with Crippen molar-refractivity contribution in [3.8, 4) is 11.5 Å². The van der Waals surface area contributed by atoms with Crippen LogP contribution in [0.25, 0.3) is 0 Å². The first-order valence-corrected chi connectivity index (χ1v) is 13.6. The van der Waals surface area contributed by atoms with Gasteiger partial charge in [-0.3, -0.25) is 13.9 Å². The van der Waals surface area contributed by atoms with Crippen molar-refractivity contribution in [3.63, 3.8) is 0 Å². The molecule has 9 nitrogen and oxygen atoms in total. The normalized spacial score (nSPS) is 15.6. The van der Waals surface area contributed by atoms with Crippen molar-refractivity contribution in [2.75, 3.05) is 24.6 Å². The van der Waals surface area contributed by atoms with Crippen LogP contribution in [-0.2, 0) is 35.5 Å². The molecule has 14 heteroatoms. The third kappa shape index (κ3) is 6.95. The average Bonchev–Trinajstić information content (AvgIpc) is 2.86. The highest BCUT2D eigenvalue weighted by Gasteiger charge is 2.50. The van der Waals surface area contributed by atoms with Crippen LogP contribution in [-0.4, -0.2) is 58.5 Å². The van der Waals surface area contributed by atoms with Gasteiger partial charge in [-0.05, 0) is 57.0 Å². The number of ether oxygens (including phenoxy) is 4. The van der Waals surface area contributed by atoms with Gasteiger partial charge in [-0.15, -0.1) is 0 Å². The molecular weight excluding hydrogens is 562 g/mol. The minimum atomic E-state index is -4.80. The highest BCUT2D eigenvalue weighted by Crippen LogP contribution is 2.40. The maximum Gasteiger partial charge on any atom is 0.427 e. The quantitative estimate of drug-likeness (QED) is 0.292. The fraction of sp³-hybridized carbons (Fsp3) is 0.462.